The van der Waals surface area contributed by atoms with Crippen molar-refractivity contribution in [2.75, 3.05) is 11.1 Å². The summed E-state index contributed by atoms with van der Waals surface area (Å²) in [6, 6.07) is 7.43. The van der Waals surface area contributed by atoms with Gasteiger partial charge in [0, 0.05) is 17.0 Å². The Labute approximate surface area is 143 Å². The van der Waals surface area contributed by atoms with Crippen LogP contribution in [0.25, 0.3) is 5.69 Å². The summed E-state index contributed by atoms with van der Waals surface area (Å²) in [6.45, 7) is 3.79. The number of carbonyl (C=O) groups excluding carboxylic acids is 1. The SMILES string of the molecule is Cc1noc(C)c1CSCC(=O)Nc1ccc(-n2cncn2)cc1. The first-order chi connectivity index (χ1) is 11.6. The van der Waals surface area contributed by atoms with Gasteiger partial charge in [-0.1, -0.05) is 5.16 Å². The largest absolute Gasteiger partial charge is 0.361 e. The van der Waals surface area contributed by atoms with Crippen LogP contribution in [0.5, 0.6) is 0 Å². The van der Waals surface area contributed by atoms with Gasteiger partial charge in [0.2, 0.25) is 5.91 Å². The van der Waals surface area contributed by atoms with Crippen molar-refractivity contribution in [3.63, 3.8) is 0 Å². The first kappa shape index (κ1) is 16.3. The van der Waals surface area contributed by atoms with Gasteiger partial charge in [0.1, 0.15) is 18.4 Å². The molecule has 0 fully saturated rings. The van der Waals surface area contributed by atoms with Crippen molar-refractivity contribution in [3.8, 4) is 5.69 Å². The van der Waals surface area contributed by atoms with E-state index in [0.29, 0.717) is 11.5 Å². The molecule has 0 unspecified atom stereocenters. The van der Waals surface area contributed by atoms with Gasteiger partial charge in [0.05, 0.1) is 17.1 Å². The fourth-order valence-corrected chi connectivity index (χ4v) is 3.17. The summed E-state index contributed by atoms with van der Waals surface area (Å²) in [4.78, 5) is 15.9. The Morgan fingerprint density at radius 1 is 1.29 bits per heavy atom. The molecule has 124 valence electrons. The smallest absolute Gasteiger partial charge is 0.234 e. The quantitative estimate of drug-likeness (QED) is 0.741. The Hall–Kier alpha value is -2.61. The third kappa shape index (κ3) is 3.83. The van der Waals surface area contributed by atoms with Crippen LogP contribution < -0.4 is 5.32 Å². The van der Waals surface area contributed by atoms with Crippen molar-refractivity contribution < 1.29 is 9.32 Å². The van der Waals surface area contributed by atoms with E-state index in [9.17, 15) is 4.79 Å². The van der Waals surface area contributed by atoms with Crippen molar-refractivity contribution in [1.29, 1.82) is 0 Å². The molecule has 0 saturated heterocycles. The molecule has 0 spiro atoms. The predicted octanol–water partition coefficient (Wildman–Crippen LogP) is 2.74. The number of nitrogens with zero attached hydrogens (tertiary/aromatic N) is 4. The molecule has 3 rings (SSSR count). The Kier molecular flexibility index (Phi) is 4.95. The summed E-state index contributed by atoms with van der Waals surface area (Å²) in [7, 11) is 0. The van der Waals surface area contributed by atoms with Crippen molar-refractivity contribution >= 4 is 23.4 Å². The molecule has 1 aromatic carbocycles. The topological polar surface area (TPSA) is 85.8 Å². The van der Waals surface area contributed by atoms with E-state index >= 15 is 0 Å². The molecule has 0 atom stereocenters. The van der Waals surface area contributed by atoms with E-state index < -0.39 is 0 Å². The third-order valence-corrected chi connectivity index (χ3v) is 4.45. The van der Waals surface area contributed by atoms with Crippen LogP contribution in [0.2, 0.25) is 0 Å². The lowest BCUT2D eigenvalue weighted by atomic mass is 10.2. The molecule has 0 aliphatic rings. The number of benzene rings is 1. The number of thioether (sulfide) groups is 1. The van der Waals surface area contributed by atoms with E-state index in [1.807, 2.05) is 38.1 Å². The number of nitrogens with one attached hydrogen (secondary N) is 1. The van der Waals surface area contributed by atoms with Crippen molar-refractivity contribution in [2.24, 2.45) is 0 Å². The molecular weight excluding hydrogens is 326 g/mol. The molecule has 0 bridgehead atoms. The molecule has 1 N–H and O–H groups in total. The van der Waals surface area contributed by atoms with Gasteiger partial charge in [-0.15, -0.1) is 11.8 Å². The van der Waals surface area contributed by atoms with Crippen molar-refractivity contribution in [3.05, 3.63) is 53.9 Å². The summed E-state index contributed by atoms with van der Waals surface area (Å²) in [5.41, 5.74) is 3.58. The number of anilines is 1. The van der Waals surface area contributed by atoms with Crippen LogP contribution in [0.4, 0.5) is 5.69 Å². The maximum absolute atomic E-state index is 12.0. The molecule has 1 amide bonds. The zero-order valence-corrected chi connectivity index (χ0v) is 14.2. The molecule has 2 aromatic heterocycles. The maximum Gasteiger partial charge on any atom is 0.234 e. The van der Waals surface area contributed by atoms with Gasteiger partial charge in [-0.05, 0) is 38.1 Å². The van der Waals surface area contributed by atoms with E-state index in [1.54, 1.807) is 11.0 Å². The normalized spacial score (nSPS) is 10.8. The third-order valence-electron chi connectivity index (χ3n) is 3.50. The highest BCUT2D eigenvalue weighted by atomic mass is 32.2. The number of hydrogen-bond donors (Lipinski definition) is 1. The molecule has 2 heterocycles. The van der Waals surface area contributed by atoms with Crippen LogP contribution in [0.3, 0.4) is 0 Å². The summed E-state index contributed by atoms with van der Waals surface area (Å²) in [5.74, 6) is 1.85. The van der Waals surface area contributed by atoms with Crippen LogP contribution in [-0.2, 0) is 10.5 Å². The second-order valence-electron chi connectivity index (χ2n) is 5.23. The van der Waals surface area contributed by atoms with E-state index in [-0.39, 0.29) is 5.91 Å². The minimum Gasteiger partial charge on any atom is -0.361 e. The first-order valence-corrected chi connectivity index (χ1v) is 8.53. The van der Waals surface area contributed by atoms with Crippen LogP contribution >= 0.6 is 11.8 Å². The van der Waals surface area contributed by atoms with E-state index in [1.165, 1.54) is 18.1 Å². The van der Waals surface area contributed by atoms with Gasteiger partial charge in [-0.2, -0.15) is 5.10 Å². The number of rotatable bonds is 6. The fraction of sp³-hybridized carbons (Fsp3) is 0.250. The van der Waals surface area contributed by atoms with Crippen molar-refractivity contribution in [1.82, 2.24) is 19.9 Å². The van der Waals surface area contributed by atoms with Crippen LogP contribution in [0.15, 0.2) is 41.4 Å². The van der Waals surface area contributed by atoms with Crippen molar-refractivity contribution in [2.45, 2.75) is 19.6 Å². The minimum atomic E-state index is -0.0414. The van der Waals surface area contributed by atoms with Gasteiger partial charge < -0.3 is 9.84 Å². The van der Waals surface area contributed by atoms with Gasteiger partial charge in [-0.3, -0.25) is 4.79 Å². The lowest BCUT2D eigenvalue weighted by Gasteiger charge is -2.06. The fourth-order valence-electron chi connectivity index (χ4n) is 2.19. The van der Waals surface area contributed by atoms with Gasteiger partial charge in [0.15, 0.2) is 0 Å². The molecular formula is C16H17N5O2S. The van der Waals surface area contributed by atoms with E-state index in [4.69, 9.17) is 4.52 Å². The molecule has 0 aliphatic carbocycles. The highest BCUT2D eigenvalue weighted by Gasteiger charge is 2.10. The number of aromatic nitrogens is 4. The summed E-state index contributed by atoms with van der Waals surface area (Å²) < 4.78 is 6.77. The monoisotopic (exact) mass is 343 g/mol. The lowest BCUT2D eigenvalue weighted by Crippen LogP contribution is -2.14. The van der Waals surface area contributed by atoms with E-state index in [0.717, 1.165) is 28.4 Å². The average Bonchev–Trinajstić information content (AvgIpc) is 3.21. The molecule has 8 heteroatoms. The second kappa shape index (κ2) is 7.31. The predicted molar refractivity (Wildman–Crippen MR) is 92.1 cm³/mol. The number of hydrogen-bond acceptors (Lipinski definition) is 6. The molecule has 7 nitrogen and oxygen atoms in total. The minimum absolute atomic E-state index is 0.0414. The highest BCUT2D eigenvalue weighted by molar-refractivity contribution is 7.99. The van der Waals surface area contributed by atoms with Crippen LogP contribution in [0.1, 0.15) is 17.0 Å². The zero-order valence-electron chi connectivity index (χ0n) is 13.4. The van der Waals surface area contributed by atoms with Crippen LogP contribution in [-0.4, -0.2) is 31.6 Å². The summed E-state index contributed by atoms with van der Waals surface area (Å²) in [5, 5.41) is 10.8. The Bertz CT molecular complexity index is 792. The molecule has 0 saturated carbocycles. The van der Waals surface area contributed by atoms with Gasteiger partial charge >= 0.3 is 0 Å². The molecule has 0 radical (unpaired) electrons. The van der Waals surface area contributed by atoms with E-state index in [2.05, 4.69) is 20.6 Å². The summed E-state index contributed by atoms with van der Waals surface area (Å²) >= 11 is 1.53. The standard InChI is InChI=1S/C16H17N5O2S/c1-11-15(12(2)23-20-11)7-24-8-16(22)19-13-3-5-14(6-4-13)21-10-17-9-18-21/h3-6,9-10H,7-8H2,1-2H3,(H,19,22). The van der Waals surface area contributed by atoms with Crippen LogP contribution in [0, 0.1) is 13.8 Å². The average molecular weight is 343 g/mol. The summed E-state index contributed by atoms with van der Waals surface area (Å²) in [6.07, 6.45) is 3.10. The molecule has 0 aliphatic heterocycles. The number of amides is 1. The van der Waals surface area contributed by atoms with Gasteiger partial charge in [0.25, 0.3) is 0 Å². The highest BCUT2D eigenvalue weighted by Crippen LogP contribution is 2.20. The Morgan fingerprint density at radius 3 is 2.71 bits per heavy atom. The molecule has 24 heavy (non-hydrogen) atoms. The Balaban J connectivity index is 1.50. The number of carbonyl (C=O) groups is 1. The second-order valence-corrected chi connectivity index (χ2v) is 6.22. The Morgan fingerprint density at radius 2 is 2.08 bits per heavy atom. The lowest BCUT2D eigenvalue weighted by molar-refractivity contribution is -0.113. The molecule has 3 aromatic rings. The zero-order chi connectivity index (χ0) is 16.9. The van der Waals surface area contributed by atoms with Gasteiger partial charge in [-0.25, -0.2) is 9.67 Å². The number of aryl methyl sites for hydroxylation is 2. The first-order valence-electron chi connectivity index (χ1n) is 7.38. The maximum atomic E-state index is 12.0.